The van der Waals surface area contributed by atoms with Gasteiger partial charge in [0, 0.05) is 15.6 Å². The predicted molar refractivity (Wildman–Crippen MR) is 157 cm³/mol. The van der Waals surface area contributed by atoms with Gasteiger partial charge in [-0.15, -0.1) is 0 Å². The molecule has 1 heterocycles. The van der Waals surface area contributed by atoms with Crippen LogP contribution >= 0.6 is 23.2 Å². The highest BCUT2D eigenvalue weighted by atomic mass is 35.5. The Morgan fingerprint density at radius 2 is 1.75 bits per heavy atom. The number of amidine groups is 1. The van der Waals surface area contributed by atoms with Gasteiger partial charge in [-0.1, -0.05) is 90.6 Å². The molecule has 0 spiro atoms. The van der Waals surface area contributed by atoms with E-state index in [1.165, 1.54) is 0 Å². The first-order valence-corrected chi connectivity index (χ1v) is 14.2. The molecular weight excluding hydrogens is 547 g/mol. The molecule has 208 valence electrons. The lowest BCUT2D eigenvalue weighted by atomic mass is 9.76. The third kappa shape index (κ3) is 5.87. The van der Waals surface area contributed by atoms with Gasteiger partial charge in [-0.2, -0.15) is 0 Å². The quantitative estimate of drug-likeness (QED) is 0.198. The van der Waals surface area contributed by atoms with Crippen LogP contribution in [0.2, 0.25) is 10.0 Å². The molecule has 5 rings (SSSR count). The van der Waals surface area contributed by atoms with Crippen LogP contribution in [-0.4, -0.2) is 34.6 Å². The van der Waals surface area contributed by atoms with Crippen LogP contribution in [0.1, 0.15) is 71.6 Å². The van der Waals surface area contributed by atoms with Crippen LogP contribution in [-0.2, 0) is 16.2 Å². The van der Waals surface area contributed by atoms with E-state index in [1.807, 2.05) is 53.4 Å². The Hall–Kier alpha value is -3.39. The van der Waals surface area contributed by atoms with E-state index in [0.717, 1.165) is 31.2 Å². The number of hydrogen-bond donors (Lipinski definition) is 2. The molecule has 3 aromatic rings. The summed E-state index contributed by atoms with van der Waals surface area (Å²) in [5.74, 6) is -0.870. The molecule has 0 saturated heterocycles. The SMILES string of the molecule is CC(N)=N[C@H]1CCCCC1N1C(=O)c2ccccc2[C@@H](C(=O)NOCc2ccccc2)C1c1ccc(Cl)cc1Cl. The summed E-state index contributed by atoms with van der Waals surface area (Å²) in [4.78, 5) is 40.5. The number of benzene rings is 3. The number of nitrogens with one attached hydrogen (secondary N) is 1. The van der Waals surface area contributed by atoms with Crippen molar-refractivity contribution in [3.05, 3.63) is 105 Å². The highest BCUT2D eigenvalue weighted by Gasteiger charge is 2.49. The summed E-state index contributed by atoms with van der Waals surface area (Å²) in [7, 11) is 0. The number of nitrogens with zero attached hydrogens (tertiary/aromatic N) is 2. The molecule has 1 aliphatic heterocycles. The molecular formula is C31H32Cl2N4O3. The van der Waals surface area contributed by atoms with Crippen LogP contribution in [0, 0.1) is 0 Å². The predicted octanol–water partition coefficient (Wildman–Crippen LogP) is 6.21. The van der Waals surface area contributed by atoms with Crippen molar-refractivity contribution in [3.8, 4) is 0 Å². The number of hydroxylamine groups is 1. The molecule has 40 heavy (non-hydrogen) atoms. The fourth-order valence-corrected chi connectivity index (χ4v) is 6.45. The normalized spacial score (nSPS) is 23.0. The second-order valence-corrected chi connectivity index (χ2v) is 11.2. The van der Waals surface area contributed by atoms with Crippen LogP contribution in [0.4, 0.5) is 0 Å². The van der Waals surface area contributed by atoms with Crippen LogP contribution < -0.4 is 11.2 Å². The number of amides is 2. The molecule has 1 saturated carbocycles. The molecule has 7 nitrogen and oxygen atoms in total. The summed E-state index contributed by atoms with van der Waals surface area (Å²) in [5, 5.41) is 0.845. The summed E-state index contributed by atoms with van der Waals surface area (Å²) in [6.07, 6.45) is 3.45. The molecule has 4 atom stereocenters. The highest BCUT2D eigenvalue weighted by molar-refractivity contribution is 6.35. The lowest BCUT2D eigenvalue weighted by molar-refractivity contribution is -0.138. The Balaban J connectivity index is 1.60. The van der Waals surface area contributed by atoms with Crippen molar-refractivity contribution in [2.45, 2.75) is 63.3 Å². The van der Waals surface area contributed by atoms with Gasteiger partial charge in [-0.05, 0) is 54.7 Å². The van der Waals surface area contributed by atoms with Gasteiger partial charge in [0.1, 0.15) is 0 Å². The maximum absolute atomic E-state index is 14.3. The second-order valence-electron chi connectivity index (χ2n) is 10.3. The van der Waals surface area contributed by atoms with Crippen LogP contribution in [0.15, 0.2) is 77.8 Å². The van der Waals surface area contributed by atoms with Crippen LogP contribution in [0.3, 0.4) is 0 Å². The van der Waals surface area contributed by atoms with E-state index in [-0.39, 0.29) is 30.5 Å². The van der Waals surface area contributed by atoms with Crippen molar-refractivity contribution in [3.63, 3.8) is 0 Å². The standard InChI is InChI=1S/C31H32Cl2N4O3/c1-19(34)35-26-13-7-8-14-27(26)37-29(24-16-15-21(32)17-25(24)33)28(22-11-5-6-12-23(22)31(37)39)30(38)36-40-18-20-9-3-2-4-10-20/h2-6,9-12,15-17,26-29H,7-8,13-14,18H2,1H3,(H2,34,35)(H,36,38)/t26-,27?,28+,29?/m0/s1. The van der Waals surface area contributed by atoms with Crippen molar-refractivity contribution >= 4 is 40.9 Å². The summed E-state index contributed by atoms with van der Waals surface area (Å²) in [6.45, 7) is 1.96. The Labute approximate surface area is 244 Å². The van der Waals surface area contributed by atoms with Crippen LogP contribution in [0.5, 0.6) is 0 Å². The third-order valence-electron chi connectivity index (χ3n) is 7.61. The average molecular weight is 580 g/mol. The van der Waals surface area contributed by atoms with E-state index in [0.29, 0.717) is 32.6 Å². The van der Waals surface area contributed by atoms with Crippen molar-refractivity contribution < 1.29 is 14.4 Å². The molecule has 9 heteroatoms. The third-order valence-corrected chi connectivity index (χ3v) is 8.18. The average Bonchev–Trinajstić information content (AvgIpc) is 2.94. The minimum Gasteiger partial charge on any atom is -0.388 e. The largest absolute Gasteiger partial charge is 0.388 e. The molecule has 2 unspecified atom stereocenters. The number of fused-ring (bicyclic) bond motifs is 1. The van der Waals surface area contributed by atoms with E-state index in [4.69, 9.17) is 38.8 Å². The topological polar surface area (TPSA) is 97.0 Å². The lowest BCUT2D eigenvalue weighted by Crippen LogP contribution is -2.55. The minimum atomic E-state index is -0.797. The van der Waals surface area contributed by atoms with Crippen molar-refractivity contribution in [1.82, 2.24) is 10.4 Å². The summed E-state index contributed by atoms with van der Waals surface area (Å²) in [5.41, 5.74) is 11.3. The van der Waals surface area contributed by atoms with E-state index in [2.05, 4.69) is 5.48 Å². The number of halogens is 2. The number of carbonyl (C=O) groups is 2. The molecule has 3 aromatic carbocycles. The van der Waals surface area contributed by atoms with Crippen molar-refractivity contribution in [2.75, 3.05) is 0 Å². The number of hydrogen-bond acceptors (Lipinski definition) is 4. The second kappa shape index (κ2) is 12.4. The lowest BCUT2D eigenvalue weighted by Gasteiger charge is -2.48. The maximum atomic E-state index is 14.3. The van der Waals surface area contributed by atoms with Crippen molar-refractivity contribution in [1.29, 1.82) is 0 Å². The van der Waals surface area contributed by atoms with Gasteiger partial charge in [0.2, 0.25) is 0 Å². The van der Waals surface area contributed by atoms with Crippen LogP contribution in [0.25, 0.3) is 0 Å². The van der Waals surface area contributed by atoms with Gasteiger partial charge in [-0.25, -0.2) is 5.48 Å². The molecule has 1 fully saturated rings. The monoisotopic (exact) mass is 578 g/mol. The van der Waals surface area contributed by atoms with Gasteiger partial charge in [-0.3, -0.25) is 19.4 Å². The zero-order chi connectivity index (χ0) is 28.2. The Bertz CT molecular complexity index is 1410. The van der Waals surface area contributed by atoms with Crippen molar-refractivity contribution in [2.24, 2.45) is 10.7 Å². The molecule has 1 aliphatic carbocycles. The smallest absolute Gasteiger partial charge is 0.255 e. The Morgan fingerprint density at radius 1 is 1.02 bits per heavy atom. The van der Waals surface area contributed by atoms with E-state index >= 15 is 0 Å². The van der Waals surface area contributed by atoms with E-state index < -0.39 is 12.0 Å². The van der Waals surface area contributed by atoms with Gasteiger partial charge in [0.15, 0.2) is 0 Å². The summed E-state index contributed by atoms with van der Waals surface area (Å²) < 4.78 is 0. The van der Waals surface area contributed by atoms with Gasteiger partial charge < -0.3 is 10.6 Å². The molecule has 0 bridgehead atoms. The number of aliphatic imine (C=N–C) groups is 1. The fourth-order valence-electron chi connectivity index (χ4n) is 5.93. The van der Waals surface area contributed by atoms with E-state index in [1.54, 1.807) is 31.2 Å². The Kier molecular flexibility index (Phi) is 8.74. The maximum Gasteiger partial charge on any atom is 0.255 e. The van der Waals surface area contributed by atoms with Gasteiger partial charge >= 0.3 is 0 Å². The first kappa shape index (κ1) is 28.1. The van der Waals surface area contributed by atoms with E-state index in [9.17, 15) is 9.59 Å². The highest BCUT2D eigenvalue weighted by Crippen LogP contribution is 2.48. The van der Waals surface area contributed by atoms with Gasteiger partial charge in [0.05, 0.1) is 36.5 Å². The fraction of sp³-hybridized carbons (Fsp3) is 0.323. The first-order chi connectivity index (χ1) is 19.3. The molecule has 3 N–H and O–H groups in total. The minimum absolute atomic E-state index is 0.164. The zero-order valence-corrected chi connectivity index (χ0v) is 23.7. The molecule has 0 aromatic heterocycles. The molecule has 0 radical (unpaired) electrons. The number of rotatable bonds is 7. The van der Waals surface area contributed by atoms with Gasteiger partial charge in [0.25, 0.3) is 11.8 Å². The Morgan fingerprint density at radius 3 is 2.50 bits per heavy atom. The first-order valence-electron chi connectivity index (χ1n) is 13.5. The molecule has 2 amide bonds. The zero-order valence-electron chi connectivity index (χ0n) is 22.2. The number of carbonyl (C=O) groups excluding carboxylic acids is 2. The summed E-state index contributed by atoms with van der Waals surface area (Å²) >= 11 is 13.0. The summed E-state index contributed by atoms with van der Waals surface area (Å²) in [6, 6.07) is 20.8. The number of nitrogens with two attached hydrogens (primary N) is 1. The molecule has 2 aliphatic rings.